The lowest BCUT2D eigenvalue weighted by Crippen LogP contribution is -2.37. The highest BCUT2D eigenvalue weighted by molar-refractivity contribution is 5.99. The van der Waals surface area contributed by atoms with E-state index >= 15 is 0 Å². The number of carbonyl (C=O) groups is 3. The summed E-state index contributed by atoms with van der Waals surface area (Å²) in [6.45, 7) is -0.0680. The Kier molecular flexibility index (Phi) is 5.69. The number of fused-ring (bicyclic) bond motifs is 2. The van der Waals surface area contributed by atoms with Crippen LogP contribution in [0.5, 0.6) is 17.2 Å². The van der Waals surface area contributed by atoms with Gasteiger partial charge in [0, 0.05) is 6.54 Å². The van der Waals surface area contributed by atoms with Crippen LogP contribution in [0, 0.1) is 0 Å². The number of esters is 1. The Hall–Kier alpha value is -3.75. The Balaban J connectivity index is 1.27. The highest BCUT2D eigenvalue weighted by Gasteiger charge is 2.25. The zero-order valence-electron chi connectivity index (χ0n) is 16.1. The average molecular weight is 412 g/mol. The number of nitrogens with one attached hydrogen (secondary N) is 1. The summed E-state index contributed by atoms with van der Waals surface area (Å²) in [5, 5.41) is 2.67. The van der Waals surface area contributed by atoms with E-state index in [4.69, 9.17) is 18.9 Å². The first-order chi connectivity index (χ1) is 14.6. The lowest BCUT2D eigenvalue weighted by molar-refractivity contribution is -0.147. The van der Waals surface area contributed by atoms with Crippen molar-refractivity contribution >= 4 is 23.5 Å². The van der Waals surface area contributed by atoms with Crippen molar-refractivity contribution in [3.8, 4) is 17.2 Å². The van der Waals surface area contributed by atoms with Crippen molar-refractivity contribution in [3.63, 3.8) is 0 Å². The highest BCUT2D eigenvalue weighted by Crippen LogP contribution is 2.32. The third-order valence-electron chi connectivity index (χ3n) is 4.61. The molecule has 1 N–H and O–H groups in total. The number of hydrogen-bond donors (Lipinski definition) is 1. The van der Waals surface area contributed by atoms with Crippen LogP contribution >= 0.6 is 0 Å². The van der Waals surface area contributed by atoms with E-state index in [9.17, 15) is 14.4 Å². The molecule has 30 heavy (non-hydrogen) atoms. The minimum Gasteiger partial charge on any atom is -0.491 e. The number of ether oxygens (including phenoxy) is 4. The molecule has 0 saturated heterocycles. The van der Waals surface area contributed by atoms with Gasteiger partial charge in [0.25, 0.3) is 5.91 Å². The fourth-order valence-electron chi connectivity index (χ4n) is 3.12. The number of rotatable bonds is 6. The Morgan fingerprint density at radius 3 is 2.77 bits per heavy atom. The molecule has 2 amide bonds. The minimum atomic E-state index is -0.682. The fraction of sp³-hybridized carbons (Fsp3) is 0.286. The van der Waals surface area contributed by atoms with Crippen molar-refractivity contribution in [1.82, 2.24) is 5.32 Å². The molecule has 0 spiro atoms. The molecule has 0 atom stereocenters. The molecule has 0 saturated carbocycles. The Bertz CT molecular complexity index is 976. The Morgan fingerprint density at radius 2 is 1.87 bits per heavy atom. The Morgan fingerprint density at radius 1 is 1.03 bits per heavy atom. The molecular formula is C21H20N2O7. The van der Waals surface area contributed by atoms with Gasteiger partial charge in [-0.1, -0.05) is 18.2 Å². The molecule has 0 fully saturated rings. The van der Waals surface area contributed by atoms with E-state index in [2.05, 4.69) is 5.32 Å². The summed E-state index contributed by atoms with van der Waals surface area (Å²) in [7, 11) is 0. The number of hydrogen-bond acceptors (Lipinski definition) is 7. The van der Waals surface area contributed by atoms with Gasteiger partial charge in [-0.3, -0.25) is 19.3 Å². The average Bonchev–Trinajstić information content (AvgIpc) is 3.16. The van der Waals surface area contributed by atoms with E-state index in [0.29, 0.717) is 22.9 Å². The largest absolute Gasteiger partial charge is 0.491 e. The van der Waals surface area contributed by atoms with Crippen molar-refractivity contribution in [2.45, 2.75) is 13.0 Å². The van der Waals surface area contributed by atoms with Crippen molar-refractivity contribution in [2.24, 2.45) is 0 Å². The molecule has 0 radical (unpaired) electrons. The molecule has 2 heterocycles. The highest BCUT2D eigenvalue weighted by atomic mass is 16.7. The standard InChI is InChI=1S/C21H20N2O7/c24-19(22-10-14-5-6-17-18(9-14)30-13-29-17)12-28-21(26)11-23-15-3-1-2-4-16(15)27-8-7-20(23)25/h1-6,9H,7-8,10-13H2,(H,22,24). The van der Waals surface area contributed by atoms with Gasteiger partial charge in [0.2, 0.25) is 12.7 Å². The van der Waals surface area contributed by atoms with Crippen molar-refractivity contribution in [1.29, 1.82) is 0 Å². The maximum atomic E-state index is 12.3. The summed E-state index contributed by atoms with van der Waals surface area (Å²) in [5.74, 6) is 0.431. The van der Waals surface area contributed by atoms with E-state index in [1.807, 2.05) is 6.07 Å². The second-order valence-corrected chi connectivity index (χ2v) is 6.67. The molecule has 9 nitrogen and oxygen atoms in total. The van der Waals surface area contributed by atoms with Crippen LogP contribution in [0.15, 0.2) is 42.5 Å². The van der Waals surface area contributed by atoms with Crippen LogP contribution in [-0.2, 0) is 25.7 Å². The van der Waals surface area contributed by atoms with Crippen molar-refractivity contribution in [3.05, 3.63) is 48.0 Å². The Labute approximate surface area is 172 Å². The van der Waals surface area contributed by atoms with Gasteiger partial charge in [-0.2, -0.15) is 0 Å². The summed E-state index contributed by atoms with van der Waals surface area (Å²) < 4.78 is 21.1. The van der Waals surface area contributed by atoms with E-state index in [-0.39, 0.29) is 38.8 Å². The van der Waals surface area contributed by atoms with Crippen LogP contribution in [0.25, 0.3) is 0 Å². The number of carbonyl (C=O) groups excluding carboxylic acids is 3. The molecule has 0 bridgehead atoms. The fourth-order valence-corrected chi connectivity index (χ4v) is 3.12. The quantitative estimate of drug-likeness (QED) is 0.715. The van der Waals surface area contributed by atoms with Gasteiger partial charge in [0.15, 0.2) is 18.1 Å². The number of anilines is 1. The zero-order valence-corrected chi connectivity index (χ0v) is 16.1. The van der Waals surface area contributed by atoms with E-state index in [1.165, 1.54) is 4.90 Å². The van der Waals surface area contributed by atoms with E-state index < -0.39 is 18.5 Å². The summed E-state index contributed by atoms with van der Waals surface area (Å²) in [5.41, 5.74) is 1.33. The molecule has 0 unspecified atom stereocenters. The molecule has 0 aliphatic carbocycles. The molecule has 2 aromatic carbocycles. The topological polar surface area (TPSA) is 103 Å². The van der Waals surface area contributed by atoms with Gasteiger partial charge in [0.05, 0.1) is 18.7 Å². The predicted octanol–water partition coefficient (Wildman–Crippen LogP) is 1.39. The van der Waals surface area contributed by atoms with Crippen LogP contribution < -0.4 is 24.4 Å². The van der Waals surface area contributed by atoms with Gasteiger partial charge >= 0.3 is 5.97 Å². The third-order valence-corrected chi connectivity index (χ3v) is 4.61. The summed E-state index contributed by atoms with van der Waals surface area (Å²) in [6.07, 6.45) is 0.151. The number of para-hydroxylation sites is 2. The summed E-state index contributed by atoms with van der Waals surface area (Å²) in [4.78, 5) is 37.9. The van der Waals surface area contributed by atoms with Gasteiger partial charge in [0.1, 0.15) is 12.3 Å². The van der Waals surface area contributed by atoms with Gasteiger partial charge in [-0.25, -0.2) is 0 Å². The van der Waals surface area contributed by atoms with Crippen LogP contribution in [0.1, 0.15) is 12.0 Å². The lowest BCUT2D eigenvalue weighted by atomic mass is 10.2. The monoisotopic (exact) mass is 412 g/mol. The smallest absolute Gasteiger partial charge is 0.326 e. The first-order valence-corrected chi connectivity index (χ1v) is 9.43. The summed E-state index contributed by atoms with van der Waals surface area (Å²) >= 11 is 0. The molecule has 2 aliphatic rings. The molecule has 0 aromatic heterocycles. The lowest BCUT2D eigenvalue weighted by Gasteiger charge is -2.20. The van der Waals surface area contributed by atoms with E-state index in [0.717, 1.165) is 5.56 Å². The number of amides is 2. The van der Waals surface area contributed by atoms with Gasteiger partial charge in [-0.05, 0) is 29.8 Å². The van der Waals surface area contributed by atoms with Gasteiger partial charge in [-0.15, -0.1) is 0 Å². The maximum Gasteiger partial charge on any atom is 0.326 e. The van der Waals surface area contributed by atoms with Crippen LogP contribution in [0.4, 0.5) is 5.69 Å². The van der Waals surface area contributed by atoms with Crippen molar-refractivity contribution in [2.75, 3.05) is 31.5 Å². The molecule has 156 valence electrons. The first kappa shape index (κ1) is 19.6. The molecule has 2 aromatic rings. The number of nitrogens with zero attached hydrogens (tertiary/aromatic N) is 1. The SMILES string of the molecule is O=C(COC(=O)CN1C(=O)CCOc2ccccc21)NCc1ccc2c(c1)OCO2. The second kappa shape index (κ2) is 8.73. The molecule has 2 aliphatic heterocycles. The van der Waals surface area contributed by atoms with Crippen LogP contribution in [0.2, 0.25) is 0 Å². The second-order valence-electron chi connectivity index (χ2n) is 6.67. The normalized spacial score (nSPS) is 14.4. The zero-order chi connectivity index (χ0) is 20.9. The first-order valence-electron chi connectivity index (χ1n) is 9.43. The molecular weight excluding hydrogens is 392 g/mol. The summed E-state index contributed by atoms with van der Waals surface area (Å²) in [6, 6.07) is 12.3. The third kappa shape index (κ3) is 4.45. The van der Waals surface area contributed by atoms with Crippen LogP contribution in [-0.4, -0.2) is 44.3 Å². The predicted molar refractivity (Wildman–Crippen MR) is 104 cm³/mol. The minimum absolute atomic E-state index is 0.151. The van der Waals surface area contributed by atoms with Gasteiger partial charge < -0.3 is 24.3 Å². The maximum absolute atomic E-state index is 12.3. The van der Waals surface area contributed by atoms with Crippen LogP contribution in [0.3, 0.4) is 0 Å². The molecule has 9 heteroatoms. The van der Waals surface area contributed by atoms with E-state index in [1.54, 1.807) is 36.4 Å². The number of benzene rings is 2. The molecule has 4 rings (SSSR count). The van der Waals surface area contributed by atoms with Crippen molar-refractivity contribution < 1.29 is 33.3 Å².